The van der Waals surface area contributed by atoms with E-state index in [2.05, 4.69) is 38.5 Å². The van der Waals surface area contributed by atoms with E-state index in [0.717, 1.165) is 51.4 Å². The first-order valence-corrected chi connectivity index (χ1v) is 9.52. The second-order valence-corrected chi connectivity index (χ2v) is 7.13. The van der Waals surface area contributed by atoms with E-state index in [0.29, 0.717) is 5.88 Å². The van der Waals surface area contributed by atoms with Gasteiger partial charge in [-0.05, 0) is 51.9 Å². The van der Waals surface area contributed by atoms with Crippen LogP contribution in [-0.4, -0.2) is 79.0 Å². The van der Waals surface area contributed by atoms with E-state index in [1.54, 1.807) is 0 Å². The molecule has 0 saturated carbocycles. The van der Waals surface area contributed by atoms with Crippen molar-refractivity contribution in [2.24, 2.45) is 0 Å². The van der Waals surface area contributed by atoms with Gasteiger partial charge in [0.2, 0.25) is 5.88 Å². The number of piperazine rings is 1. The van der Waals surface area contributed by atoms with Crippen LogP contribution in [0.2, 0.25) is 0 Å². The highest BCUT2D eigenvalue weighted by atomic mass is 16.5. The molecule has 0 aliphatic carbocycles. The third kappa shape index (κ3) is 5.41. The summed E-state index contributed by atoms with van der Waals surface area (Å²) in [6.07, 6.45) is 6.65. The van der Waals surface area contributed by atoms with Crippen LogP contribution in [-0.2, 0) is 0 Å². The molecule has 25 heavy (non-hydrogen) atoms. The minimum absolute atomic E-state index is 0.153. The Morgan fingerprint density at radius 2 is 1.88 bits per heavy atom. The van der Waals surface area contributed by atoms with E-state index in [9.17, 15) is 0 Å². The van der Waals surface area contributed by atoms with Gasteiger partial charge in [-0.2, -0.15) is 0 Å². The van der Waals surface area contributed by atoms with Crippen molar-refractivity contribution in [3.8, 4) is 5.88 Å². The number of rotatable bonds is 8. The maximum absolute atomic E-state index is 6.15. The molecular weight excluding hydrogens is 314 g/mol. The van der Waals surface area contributed by atoms with Gasteiger partial charge in [0.1, 0.15) is 6.10 Å². The lowest BCUT2D eigenvalue weighted by Crippen LogP contribution is -2.44. The number of likely N-dealkylation sites (tertiary alicyclic amines) is 1. The van der Waals surface area contributed by atoms with E-state index >= 15 is 0 Å². The Morgan fingerprint density at radius 3 is 2.52 bits per heavy atom. The Balaban J connectivity index is 1.56. The Morgan fingerprint density at radius 1 is 1.12 bits per heavy atom. The van der Waals surface area contributed by atoms with E-state index in [-0.39, 0.29) is 6.10 Å². The predicted octanol–water partition coefficient (Wildman–Crippen LogP) is 2.04. The molecule has 2 saturated heterocycles. The fraction of sp³-hybridized carbons (Fsp3) is 0.684. The van der Waals surface area contributed by atoms with Crippen molar-refractivity contribution in [3.05, 3.63) is 24.8 Å². The van der Waals surface area contributed by atoms with Gasteiger partial charge in [0, 0.05) is 38.8 Å². The van der Waals surface area contributed by atoms with Gasteiger partial charge in [-0.3, -0.25) is 4.90 Å². The fourth-order valence-electron chi connectivity index (χ4n) is 3.50. The van der Waals surface area contributed by atoms with Crippen LogP contribution in [0.1, 0.15) is 25.7 Å². The first kappa shape index (κ1) is 18.1. The van der Waals surface area contributed by atoms with Crippen LogP contribution in [0, 0.1) is 0 Å². The molecule has 1 aromatic heterocycles. The standard InChI is InChI=1S/C19H31N5O/c1-3-4-7-17(16-23-10-5-6-11-23)25-19-9-8-18(20-21-19)24-14-12-22(2)13-15-24/h3,8-9,17H,1,4-7,10-16H2,2H3/t17-/m0/s1. The molecule has 0 spiro atoms. The van der Waals surface area contributed by atoms with Gasteiger partial charge in [-0.25, -0.2) is 0 Å². The molecule has 2 aliphatic heterocycles. The molecule has 0 unspecified atom stereocenters. The number of likely N-dealkylation sites (N-methyl/N-ethyl adjacent to an activating group) is 1. The van der Waals surface area contributed by atoms with E-state index < -0.39 is 0 Å². The van der Waals surface area contributed by atoms with Crippen molar-refractivity contribution in [1.29, 1.82) is 0 Å². The molecule has 6 nitrogen and oxygen atoms in total. The summed E-state index contributed by atoms with van der Waals surface area (Å²) in [5.74, 6) is 1.58. The topological polar surface area (TPSA) is 44.7 Å². The zero-order valence-electron chi connectivity index (χ0n) is 15.4. The van der Waals surface area contributed by atoms with Crippen LogP contribution in [0.25, 0.3) is 0 Å². The van der Waals surface area contributed by atoms with Gasteiger partial charge >= 0.3 is 0 Å². The molecule has 6 heteroatoms. The SMILES string of the molecule is C=CCC[C@@H](CN1CCCC1)Oc1ccc(N2CCN(C)CC2)nn1. The number of allylic oxidation sites excluding steroid dienone is 1. The summed E-state index contributed by atoms with van der Waals surface area (Å²) in [4.78, 5) is 7.11. The molecule has 0 amide bonds. The van der Waals surface area contributed by atoms with Gasteiger partial charge in [0.05, 0.1) is 0 Å². The quantitative estimate of drug-likeness (QED) is 0.672. The van der Waals surface area contributed by atoms with Gasteiger partial charge in [-0.1, -0.05) is 6.08 Å². The van der Waals surface area contributed by atoms with Crippen molar-refractivity contribution >= 4 is 5.82 Å². The Kier molecular flexibility index (Phi) is 6.64. The molecule has 3 rings (SSSR count). The molecule has 2 fully saturated rings. The fourth-order valence-corrected chi connectivity index (χ4v) is 3.50. The first-order valence-electron chi connectivity index (χ1n) is 9.52. The molecule has 0 aromatic carbocycles. The van der Waals surface area contributed by atoms with Crippen molar-refractivity contribution in [1.82, 2.24) is 20.0 Å². The first-order chi connectivity index (χ1) is 12.2. The number of nitrogens with zero attached hydrogens (tertiary/aromatic N) is 5. The maximum atomic E-state index is 6.15. The Hall–Kier alpha value is -1.66. The number of anilines is 1. The van der Waals surface area contributed by atoms with Crippen molar-refractivity contribution < 1.29 is 4.74 Å². The minimum atomic E-state index is 0.153. The largest absolute Gasteiger partial charge is 0.472 e. The van der Waals surface area contributed by atoms with Crippen LogP contribution >= 0.6 is 0 Å². The average molecular weight is 345 g/mol. The van der Waals surface area contributed by atoms with Crippen LogP contribution < -0.4 is 9.64 Å². The monoisotopic (exact) mass is 345 g/mol. The molecule has 0 bridgehead atoms. The normalized spacial score (nSPS) is 20.6. The second kappa shape index (κ2) is 9.15. The van der Waals surface area contributed by atoms with Crippen molar-refractivity contribution in [2.45, 2.75) is 31.8 Å². The van der Waals surface area contributed by atoms with Gasteiger partial charge in [0.15, 0.2) is 5.82 Å². The third-order valence-electron chi connectivity index (χ3n) is 5.09. The average Bonchev–Trinajstić information content (AvgIpc) is 3.14. The van der Waals surface area contributed by atoms with Crippen molar-refractivity contribution in [2.75, 3.05) is 57.8 Å². The highest BCUT2D eigenvalue weighted by molar-refractivity contribution is 5.38. The number of ether oxygens (including phenoxy) is 1. The molecular formula is C19H31N5O. The zero-order chi connectivity index (χ0) is 17.5. The van der Waals surface area contributed by atoms with E-state index in [1.807, 2.05) is 18.2 Å². The zero-order valence-corrected chi connectivity index (χ0v) is 15.4. The van der Waals surface area contributed by atoms with Crippen molar-refractivity contribution in [3.63, 3.8) is 0 Å². The summed E-state index contributed by atoms with van der Waals surface area (Å²) in [6, 6.07) is 4.00. The third-order valence-corrected chi connectivity index (χ3v) is 5.09. The Labute approximate surface area is 151 Å². The lowest BCUT2D eigenvalue weighted by molar-refractivity contribution is 0.133. The summed E-state index contributed by atoms with van der Waals surface area (Å²) < 4.78 is 6.15. The summed E-state index contributed by atoms with van der Waals surface area (Å²) in [6.45, 7) is 11.3. The summed E-state index contributed by atoms with van der Waals surface area (Å²) in [5.41, 5.74) is 0. The smallest absolute Gasteiger partial charge is 0.233 e. The number of aromatic nitrogens is 2. The number of hydrogen-bond donors (Lipinski definition) is 0. The molecule has 0 N–H and O–H groups in total. The second-order valence-electron chi connectivity index (χ2n) is 7.13. The van der Waals surface area contributed by atoms with Gasteiger partial charge < -0.3 is 14.5 Å². The molecule has 2 aliphatic rings. The molecule has 1 aromatic rings. The molecule has 3 heterocycles. The van der Waals surface area contributed by atoms with Crippen LogP contribution in [0.15, 0.2) is 24.8 Å². The lowest BCUT2D eigenvalue weighted by Gasteiger charge is -2.32. The predicted molar refractivity (Wildman–Crippen MR) is 101 cm³/mol. The molecule has 1 atom stereocenters. The van der Waals surface area contributed by atoms with Gasteiger partial charge in [0.25, 0.3) is 0 Å². The maximum Gasteiger partial charge on any atom is 0.233 e. The molecule has 0 radical (unpaired) electrons. The summed E-state index contributed by atoms with van der Waals surface area (Å²) >= 11 is 0. The minimum Gasteiger partial charge on any atom is -0.472 e. The van der Waals surface area contributed by atoms with Crippen LogP contribution in [0.4, 0.5) is 5.82 Å². The highest BCUT2D eigenvalue weighted by Crippen LogP contribution is 2.18. The molecule has 138 valence electrons. The van der Waals surface area contributed by atoms with Crippen LogP contribution in [0.3, 0.4) is 0 Å². The van der Waals surface area contributed by atoms with E-state index in [1.165, 1.54) is 25.9 Å². The lowest BCUT2D eigenvalue weighted by atomic mass is 10.2. The van der Waals surface area contributed by atoms with E-state index in [4.69, 9.17) is 4.74 Å². The summed E-state index contributed by atoms with van der Waals surface area (Å²) in [7, 11) is 2.16. The van der Waals surface area contributed by atoms with Crippen LogP contribution in [0.5, 0.6) is 5.88 Å². The highest BCUT2D eigenvalue weighted by Gasteiger charge is 2.20. The number of hydrogen-bond acceptors (Lipinski definition) is 6. The Bertz CT molecular complexity index is 521. The van der Waals surface area contributed by atoms with Gasteiger partial charge in [-0.15, -0.1) is 16.8 Å². The summed E-state index contributed by atoms with van der Waals surface area (Å²) in [5, 5.41) is 8.71.